The van der Waals surface area contributed by atoms with Gasteiger partial charge in [0.1, 0.15) is 12.3 Å². The lowest BCUT2D eigenvalue weighted by molar-refractivity contribution is -0.119. The highest BCUT2D eigenvalue weighted by atomic mass is 35.5. The number of hydrogen-bond donors (Lipinski definition) is 3. The number of carbonyl (C=O) groups is 1. The first-order valence-corrected chi connectivity index (χ1v) is 8.02. The summed E-state index contributed by atoms with van der Waals surface area (Å²) in [6.45, 7) is 2.11. The van der Waals surface area contributed by atoms with E-state index < -0.39 is 0 Å². The van der Waals surface area contributed by atoms with Crippen LogP contribution < -0.4 is 16.4 Å². The summed E-state index contributed by atoms with van der Waals surface area (Å²) in [6, 6.07) is 8.57. The molecule has 24 heavy (non-hydrogen) atoms. The summed E-state index contributed by atoms with van der Waals surface area (Å²) in [5.41, 5.74) is 6.64. The van der Waals surface area contributed by atoms with Crippen LogP contribution in [0, 0.1) is 0 Å². The first-order chi connectivity index (χ1) is 11.5. The lowest BCUT2D eigenvalue weighted by Gasteiger charge is -2.16. The fourth-order valence-corrected chi connectivity index (χ4v) is 2.58. The molecular formula is C16H18Cl2N4O2. The molecule has 1 unspecified atom stereocenters. The van der Waals surface area contributed by atoms with Gasteiger partial charge in [-0.25, -0.2) is 4.99 Å². The molecule has 1 aromatic carbocycles. The van der Waals surface area contributed by atoms with Crippen molar-refractivity contribution >= 4 is 35.1 Å². The number of nitrogens with two attached hydrogens (primary N) is 1. The molecule has 0 bridgehead atoms. The minimum Gasteiger partial charge on any atom is -0.467 e. The second-order valence-electron chi connectivity index (χ2n) is 5.09. The lowest BCUT2D eigenvalue weighted by Crippen LogP contribution is -2.35. The molecular weight excluding hydrogens is 351 g/mol. The zero-order valence-electron chi connectivity index (χ0n) is 13.1. The predicted octanol–water partition coefficient (Wildman–Crippen LogP) is 2.87. The van der Waals surface area contributed by atoms with Crippen LogP contribution in [-0.4, -0.2) is 18.4 Å². The summed E-state index contributed by atoms with van der Waals surface area (Å²) in [5.74, 6) is 0.569. The maximum Gasteiger partial charge on any atom is 0.242 e. The monoisotopic (exact) mass is 368 g/mol. The summed E-state index contributed by atoms with van der Waals surface area (Å²) in [4.78, 5) is 15.7. The quantitative estimate of drug-likeness (QED) is 0.539. The van der Waals surface area contributed by atoms with E-state index in [1.807, 2.05) is 13.0 Å². The SMILES string of the molecule is CC(NC(N)=NCC(=O)NCc1ccco1)c1ccc(Cl)cc1Cl. The van der Waals surface area contributed by atoms with E-state index in [1.54, 1.807) is 30.5 Å². The van der Waals surface area contributed by atoms with Crippen LogP contribution in [0.3, 0.4) is 0 Å². The van der Waals surface area contributed by atoms with Crippen molar-refractivity contribution in [2.75, 3.05) is 6.54 Å². The molecule has 2 aromatic rings. The lowest BCUT2D eigenvalue weighted by atomic mass is 10.1. The summed E-state index contributed by atoms with van der Waals surface area (Å²) >= 11 is 12.0. The number of halogens is 2. The number of guanidine groups is 1. The molecule has 0 radical (unpaired) electrons. The van der Waals surface area contributed by atoms with Crippen molar-refractivity contribution in [1.29, 1.82) is 0 Å². The summed E-state index contributed by atoms with van der Waals surface area (Å²) in [5, 5.41) is 6.76. The fourth-order valence-electron chi connectivity index (χ4n) is 2.01. The average Bonchev–Trinajstić information content (AvgIpc) is 3.04. The maximum absolute atomic E-state index is 11.7. The van der Waals surface area contributed by atoms with E-state index in [-0.39, 0.29) is 24.5 Å². The van der Waals surface area contributed by atoms with Crippen LogP contribution in [0.25, 0.3) is 0 Å². The van der Waals surface area contributed by atoms with Gasteiger partial charge in [0.2, 0.25) is 5.91 Å². The van der Waals surface area contributed by atoms with Gasteiger partial charge in [0.25, 0.3) is 0 Å². The summed E-state index contributed by atoms with van der Waals surface area (Å²) in [6.07, 6.45) is 1.55. The molecule has 0 aliphatic heterocycles. The second-order valence-corrected chi connectivity index (χ2v) is 5.93. The van der Waals surface area contributed by atoms with E-state index in [0.717, 1.165) is 5.56 Å². The van der Waals surface area contributed by atoms with Crippen molar-refractivity contribution in [1.82, 2.24) is 10.6 Å². The second kappa shape index (κ2) is 8.61. The molecule has 8 heteroatoms. The Bertz CT molecular complexity index is 717. The highest BCUT2D eigenvalue weighted by Gasteiger charge is 2.11. The van der Waals surface area contributed by atoms with Crippen molar-refractivity contribution in [2.45, 2.75) is 19.5 Å². The first kappa shape index (κ1) is 18.2. The van der Waals surface area contributed by atoms with Crippen LogP contribution in [0.1, 0.15) is 24.3 Å². The van der Waals surface area contributed by atoms with Crippen molar-refractivity contribution < 1.29 is 9.21 Å². The molecule has 6 nitrogen and oxygen atoms in total. The van der Waals surface area contributed by atoms with Gasteiger partial charge in [0.15, 0.2) is 5.96 Å². The van der Waals surface area contributed by atoms with Gasteiger partial charge >= 0.3 is 0 Å². The van der Waals surface area contributed by atoms with Gasteiger partial charge in [0, 0.05) is 10.0 Å². The Morgan fingerprint density at radius 3 is 2.83 bits per heavy atom. The molecule has 4 N–H and O–H groups in total. The zero-order valence-corrected chi connectivity index (χ0v) is 14.6. The van der Waals surface area contributed by atoms with Crippen molar-refractivity contribution in [3.63, 3.8) is 0 Å². The predicted molar refractivity (Wildman–Crippen MR) is 95.1 cm³/mol. The Balaban J connectivity index is 1.83. The Kier molecular flexibility index (Phi) is 6.52. The number of carbonyl (C=O) groups excluding carboxylic acids is 1. The van der Waals surface area contributed by atoms with E-state index in [2.05, 4.69) is 15.6 Å². The molecule has 0 aliphatic rings. The van der Waals surface area contributed by atoms with Crippen molar-refractivity contribution in [3.05, 3.63) is 58.0 Å². The van der Waals surface area contributed by atoms with Crippen LogP contribution in [0.5, 0.6) is 0 Å². The van der Waals surface area contributed by atoms with E-state index in [4.69, 9.17) is 33.4 Å². The van der Waals surface area contributed by atoms with E-state index in [0.29, 0.717) is 22.4 Å². The Hall–Kier alpha value is -2.18. The van der Waals surface area contributed by atoms with Gasteiger partial charge in [0.05, 0.1) is 18.8 Å². The molecule has 1 aromatic heterocycles. The van der Waals surface area contributed by atoms with Gasteiger partial charge in [-0.05, 0) is 36.8 Å². The maximum atomic E-state index is 11.7. The van der Waals surface area contributed by atoms with Crippen LogP contribution >= 0.6 is 23.2 Å². The number of amides is 1. The normalized spacial score (nSPS) is 12.7. The number of benzene rings is 1. The Morgan fingerprint density at radius 2 is 2.17 bits per heavy atom. The molecule has 0 aliphatic carbocycles. The number of furan rings is 1. The van der Waals surface area contributed by atoms with Crippen molar-refractivity contribution in [2.24, 2.45) is 10.7 Å². The van der Waals surface area contributed by atoms with Gasteiger partial charge in [-0.2, -0.15) is 0 Å². The zero-order chi connectivity index (χ0) is 17.5. The number of hydrogen-bond acceptors (Lipinski definition) is 3. The third-order valence-corrected chi connectivity index (χ3v) is 3.79. The molecule has 1 amide bonds. The Morgan fingerprint density at radius 1 is 1.38 bits per heavy atom. The van der Waals surface area contributed by atoms with Crippen LogP contribution in [0.2, 0.25) is 10.0 Å². The fraction of sp³-hybridized carbons (Fsp3) is 0.250. The third kappa shape index (κ3) is 5.47. The van der Waals surface area contributed by atoms with Crippen LogP contribution in [0.15, 0.2) is 46.0 Å². The van der Waals surface area contributed by atoms with E-state index in [1.165, 1.54) is 0 Å². The summed E-state index contributed by atoms with van der Waals surface area (Å²) in [7, 11) is 0. The smallest absolute Gasteiger partial charge is 0.242 e. The molecule has 1 heterocycles. The van der Waals surface area contributed by atoms with Crippen LogP contribution in [-0.2, 0) is 11.3 Å². The molecule has 2 rings (SSSR count). The van der Waals surface area contributed by atoms with E-state index >= 15 is 0 Å². The van der Waals surface area contributed by atoms with Crippen LogP contribution in [0.4, 0.5) is 0 Å². The van der Waals surface area contributed by atoms with Gasteiger partial charge in [-0.1, -0.05) is 29.3 Å². The van der Waals surface area contributed by atoms with Gasteiger partial charge in [-0.3, -0.25) is 4.79 Å². The minimum atomic E-state index is -0.256. The van der Waals surface area contributed by atoms with Gasteiger partial charge < -0.3 is 20.8 Å². The summed E-state index contributed by atoms with van der Waals surface area (Å²) < 4.78 is 5.12. The minimum absolute atomic E-state index is 0.0827. The number of nitrogens with one attached hydrogen (secondary N) is 2. The molecule has 128 valence electrons. The molecule has 0 spiro atoms. The third-order valence-electron chi connectivity index (χ3n) is 3.23. The molecule has 0 saturated heterocycles. The van der Waals surface area contributed by atoms with E-state index in [9.17, 15) is 4.79 Å². The largest absolute Gasteiger partial charge is 0.467 e. The molecule has 0 saturated carbocycles. The highest BCUT2D eigenvalue weighted by molar-refractivity contribution is 6.35. The molecule has 0 fully saturated rings. The molecule has 1 atom stereocenters. The number of nitrogens with zero attached hydrogens (tertiary/aromatic N) is 1. The topological polar surface area (TPSA) is 92.6 Å². The number of rotatable bonds is 6. The van der Waals surface area contributed by atoms with Crippen molar-refractivity contribution in [3.8, 4) is 0 Å². The standard InChI is InChI=1S/C16H18Cl2N4O2/c1-10(13-5-4-11(17)7-14(13)18)22-16(19)21-9-15(23)20-8-12-3-2-6-24-12/h2-7,10H,8-9H2,1H3,(H,20,23)(H3,19,21,22). The average molecular weight is 369 g/mol. The first-order valence-electron chi connectivity index (χ1n) is 7.26. The number of aliphatic imine (C=N–C) groups is 1. The van der Waals surface area contributed by atoms with Gasteiger partial charge in [-0.15, -0.1) is 0 Å². The Labute approximate surface area is 150 Å². The highest BCUT2D eigenvalue weighted by Crippen LogP contribution is 2.25.